The molecule has 3 N–H and O–H groups in total. The maximum absolute atomic E-state index is 13.3. The highest BCUT2D eigenvalue weighted by Gasteiger charge is 2.38. The quantitative estimate of drug-likeness (QED) is 0.0741. The van der Waals surface area contributed by atoms with Gasteiger partial charge in [0.25, 0.3) is 0 Å². The molecule has 0 bridgehead atoms. The molecule has 283 valence electrons. The van der Waals surface area contributed by atoms with Gasteiger partial charge in [-0.25, -0.2) is 14.4 Å². The summed E-state index contributed by atoms with van der Waals surface area (Å²) in [4.78, 5) is 39.8. The largest absolute Gasteiger partial charge is 0.569 e. The van der Waals surface area contributed by atoms with Crippen LogP contribution in [0.15, 0.2) is 97.1 Å². The Morgan fingerprint density at radius 3 is 1.46 bits per heavy atom. The van der Waals surface area contributed by atoms with Gasteiger partial charge < -0.3 is 38.7 Å². The first-order valence-corrected chi connectivity index (χ1v) is 17.5. The molecule has 0 amide bonds. The monoisotopic (exact) mass is 737 g/mol. The van der Waals surface area contributed by atoms with E-state index in [9.17, 15) is 24.4 Å². The van der Waals surface area contributed by atoms with Gasteiger partial charge in [-0.2, -0.15) is 0 Å². The van der Waals surface area contributed by atoms with E-state index in [1.807, 2.05) is 31.2 Å². The van der Waals surface area contributed by atoms with Crippen molar-refractivity contribution in [1.82, 2.24) is 0 Å². The van der Waals surface area contributed by atoms with Crippen LogP contribution in [0, 0.1) is 17.8 Å². The number of carbonyl (C=O) groups is 3. The predicted molar refractivity (Wildman–Crippen MR) is 205 cm³/mol. The van der Waals surface area contributed by atoms with Crippen LogP contribution in [-0.2, 0) is 19.6 Å². The molecule has 1 atom stereocenters. The SMILES string of the molecule is Cc1ccc(C(=O)OCC(COC(=O)c2ccc(O[B]O)cc2)(COC(=O)c2ccc(B(O)O)cc2)COc2ccc(C(C)(C)CC(C)(C)C)cc2)cc1. The maximum atomic E-state index is 13.3. The summed E-state index contributed by atoms with van der Waals surface area (Å²) in [5.74, 6) is -1.33. The molecule has 1 unspecified atom stereocenters. The molecule has 0 spiro atoms. The van der Waals surface area contributed by atoms with Crippen molar-refractivity contribution in [2.75, 3.05) is 26.4 Å². The molecule has 0 saturated heterocycles. The zero-order valence-corrected chi connectivity index (χ0v) is 31.5. The Morgan fingerprint density at radius 2 is 1.04 bits per heavy atom. The zero-order chi connectivity index (χ0) is 39.5. The maximum Gasteiger partial charge on any atom is 0.569 e. The molecule has 54 heavy (non-hydrogen) atoms. The fourth-order valence-electron chi connectivity index (χ4n) is 6.03. The van der Waals surface area contributed by atoms with Crippen LogP contribution in [-0.4, -0.2) is 74.2 Å². The molecule has 0 saturated carbocycles. The number of ether oxygens (including phenoxy) is 4. The van der Waals surface area contributed by atoms with Crippen LogP contribution in [0.25, 0.3) is 0 Å². The van der Waals surface area contributed by atoms with Crippen LogP contribution in [0.3, 0.4) is 0 Å². The third kappa shape index (κ3) is 12.2. The van der Waals surface area contributed by atoms with E-state index in [4.69, 9.17) is 28.6 Å². The zero-order valence-electron chi connectivity index (χ0n) is 31.5. The summed E-state index contributed by atoms with van der Waals surface area (Å²) in [6.45, 7) is 11.5. The van der Waals surface area contributed by atoms with Crippen LogP contribution in [0.5, 0.6) is 11.5 Å². The predicted octanol–water partition coefficient (Wildman–Crippen LogP) is 5.23. The highest BCUT2D eigenvalue weighted by molar-refractivity contribution is 6.58. The third-order valence-electron chi connectivity index (χ3n) is 8.69. The van der Waals surface area contributed by atoms with E-state index in [1.54, 1.807) is 24.3 Å². The van der Waals surface area contributed by atoms with Crippen molar-refractivity contribution < 1.29 is 53.1 Å². The van der Waals surface area contributed by atoms with Crippen molar-refractivity contribution >= 4 is 38.2 Å². The number of esters is 3. The lowest BCUT2D eigenvalue weighted by atomic mass is 9.72. The summed E-state index contributed by atoms with van der Waals surface area (Å²) in [6.07, 6.45) is 0.950. The second kappa shape index (κ2) is 18.3. The molecular weight excluding hydrogens is 690 g/mol. The van der Waals surface area contributed by atoms with Crippen molar-refractivity contribution in [1.29, 1.82) is 0 Å². The Hall–Kier alpha value is -5.10. The fourth-order valence-corrected chi connectivity index (χ4v) is 6.03. The van der Waals surface area contributed by atoms with Gasteiger partial charge in [-0.05, 0) is 95.9 Å². The van der Waals surface area contributed by atoms with Gasteiger partial charge >= 0.3 is 32.7 Å². The van der Waals surface area contributed by atoms with Crippen molar-refractivity contribution in [2.45, 2.75) is 53.4 Å². The number of carbonyl (C=O) groups excluding carboxylic acids is 3. The minimum Gasteiger partial charge on any atom is -0.537 e. The third-order valence-corrected chi connectivity index (χ3v) is 8.69. The van der Waals surface area contributed by atoms with Crippen LogP contribution in [0.4, 0.5) is 0 Å². The molecule has 4 aromatic rings. The molecule has 0 aromatic heterocycles. The molecule has 4 rings (SSSR count). The lowest BCUT2D eigenvalue weighted by Gasteiger charge is -2.33. The summed E-state index contributed by atoms with van der Waals surface area (Å²) in [5, 5.41) is 27.9. The van der Waals surface area contributed by atoms with E-state index < -0.39 is 43.7 Å². The van der Waals surface area contributed by atoms with Crippen molar-refractivity contribution in [3.8, 4) is 11.5 Å². The van der Waals surface area contributed by atoms with Gasteiger partial charge in [-0.1, -0.05) is 76.6 Å². The van der Waals surface area contributed by atoms with Gasteiger partial charge in [0.2, 0.25) is 0 Å². The van der Waals surface area contributed by atoms with Crippen molar-refractivity contribution in [3.05, 3.63) is 125 Å². The summed E-state index contributed by atoms with van der Waals surface area (Å²) in [6, 6.07) is 25.9. The molecular formula is C41H47B2O11. The normalized spacial score (nSPS) is 12.5. The summed E-state index contributed by atoms with van der Waals surface area (Å²) < 4.78 is 28.5. The Bertz CT molecular complexity index is 1830. The van der Waals surface area contributed by atoms with Gasteiger partial charge in [0.05, 0.1) is 16.7 Å². The number of benzene rings is 4. The molecule has 0 fully saturated rings. The molecule has 0 heterocycles. The molecule has 0 aliphatic heterocycles. The topological polar surface area (TPSA) is 158 Å². The van der Waals surface area contributed by atoms with E-state index in [2.05, 4.69) is 34.6 Å². The van der Waals surface area contributed by atoms with E-state index in [0.29, 0.717) is 24.7 Å². The molecule has 0 aliphatic rings. The smallest absolute Gasteiger partial charge is 0.537 e. The minimum atomic E-state index is -1.71. The summed E-state index contributed by atoms with van der Waals surface area (Å²) in [5.41, 5.74) is 1.45. The van der Waals surface area contributed by atoms with E-state index >= 15 is 0 Å². The van der Waals surface area contributed by atoms with Crippen molar-refractivity contribution in [2.24, 2.45) is 10.8 Å². The summed E-state index contributed by atoms with van der Waals surface area (Å²) >= 11 is 0. The van der Waals surface area contributed by atoms with Gasteiger partial charge in [0.1, 0.15) is 43.3 Å². The Balaban J connectivity index is 1.63. The van der Waals surface area contributed by atoms with Crippen LogP contribution >= 0.6 is 0 Å². The average Bonchev–Trinajstić information content (AvgIpc) is 3.14. The van der Waals surface area contributed by atoms with Gasteiger partial charge in [0.15, 0.2) is 0 Å². The number of aryl methyl sites for hydroxylation is 1. The molecule has 4 aromatic carbocycles. The van der Waals surface area contributed by atoms with Gasteiger partial charge in [0, 0.05) is 0 Å². The van der Waals surface area contributed by atoms with Crippen molar-refractivity contribution in [3.63, 3.8) is 0 Å². The van der Waals surface area contributed by atoms with Crippen LogP contribution in [0.1, 0.15) is 83.2 Å². The summed E-state index contributed by atoms with van der Waals surface area (Å²) in [7, 11) is -1.20. The van der Waals surface area contributed by atoms with Crippen LogP contribution < -0.4 is 14.9 Å². The lowest BCUT2D eigenvalue weighted by Crippen LogP contribution is -2.44. The lowest BCUT2D eigenvalue weighted by molar-refractivity contribution is -0.0543. The van der Waals surface area contributed by atoms with Crippen LogP contribution in [0.2, 0.25) is 0 Å². The standard InChI is InChI=1S/C41H47B2O11/c1-28-7-9-29(10-8-28)36(44)51-25-41(26-52-37(45)30-11-17-33(18-12-30)43(48)49,27-53-38(46)31-13-19-35(20-14-31)54-42-47)24-50-34-21-15-32(16-22-34)40(5,6)23-39(2,3)4/h7-22,47-49H,23-27H2,1-6H3. The number of rotatable bonds is 17. The molecule has 13 heteroatoms. The fraction of sp³-hybridized carbons (Fsp3) is 0.341. The molecule has 11 nitrogen and oxygen atoms in total. The first-order chi connectivity index (χ1) is 25.5. The Morgan fingerprint density at radius 1 is 0.611 bits per heavy atom. The Labute approximate surface area is 317 Å². The van der Waals surface area contributed by atoms with E-state index in [1.165, 1.54) is 48.5 Å². The average molecular weight is 737 g/mol. The first-order valence-electron chi connectivity index (χ1n) is 17.5. The second-order valence-electron chi connectivity index (χ2n) is 15.3. The molecule has 0 aliphatic carbocycles. The van der Waals surface area contributed by atoms with Gasteiger partial charge in [-0.3, -0.25) is 0 Å². The highest BCUT2D eigenvalue weighted by Crippen LogP contribution is 2.37. The second-order valence-corrected chi connectivity index (χ2v) is 15.3. The van der Waals surface area contributed by atoms with Gasteiger partial charge in [-0.15, -0.1) is 0 Å². The van der Waals surface area contributed by atoms with E-state index in [-0.39, 0.29) is 40.6 Å². The Kier molecular flexibility index (Phi) is 14.1. The number of hydrogen-bond acceptors (Lipinski definition) is 11. The first kappa shape index (κ1) is 41.7. The molecule has 1 radical (unpaired) electrons. The number of hydrogen-bond donors (Lipinski definition) is 3. The minimum absolute atomic E-state index is 0.110. The van der Waals surface area contributed by atoms with E-state index in [0.717, 1.165) is 17.5 Å². The highest BCUT2D eigenvalue weighted by atomic mass is 16.6.